The van der Waals surface area contributed by atoms with Crippen molar-refractivity contribution < 1.29 is 23.1 Å². The Kier molecular flexibility index (Phi) is 5.93. The average molecular weight is 469 g/mol. The van der Waals surface area contributed by atoms with Crippen molar-refractivity contribution in [3.05, 3.63) is 65.5 Å². The second kappa shape index (κ2) is 9.04. The zero-order chi connectivity index (χ0) is 23.8. The molecule has 1 unspecified atom stereocenters. The number of fused-ring (bicyclic) bond motifs is 1. The topological polar surface area (TPSA) is 67.1 Å². The molecule has 0 radical (unpaired) electrons. The van der Waals surface area contributed by atoms with Crippen molar-refractivity contribution >= 4 is 23.1 Å². The van der Waals surface area contributed by atoms with E-state index < -0.39 is 11.6 Å². The smallest absolute Gasteiger partial charge is 0.310 e. The quantitative estimate of drug-likeness (QED) is 0.530. The van der Waals surface area contributed by atoms with Crippen LogP contribution < -0.4 is 4.90 Å². The van der Waals surface area contributed by atoms with E-state index >= 15 is 0 Å². The fraction of sp³-hybridized carbons (Fsp3) is 0.400. The number of carbonyl (C=O) groups excluding carboxylic acids is 2. The molecule has 0 saturated carbocycles. The number of likely N-dealkylation sites (tertiary alicyclic amines) is 1. The van der Waals surface area contributed by atoms with Crippen LogP contribution in [0.2, 0.25) is 0 Å². The molecule has 0 spiro atoms. The monoisotopic (exact) mass is 468 g/mol. The van der Waals surface area contributed by atoms with E-state index in [-0.39, 0.29) is 23.8 Å². The van der Waals surface area contributed by atoms with Gasteiger partial charge in [0, 0.05) is 37.1 Å². The van der Waals surface area contributed by atoms with E-state index in [1.54, 1.807) is 22.5 Å². The summed E-state index contributed by atoms with van der Waals surface area (Å²) < 4.78 is 35.1. The Labute approximate surface area is 195 Å². The number of ether oxygens (including phenoxy) is 1. The van der Waals surface area contributed by atoms with Gasteiger partial charge in [-0.05, 0) is 56.5 Å². The van der Waals surface area contributed by atoms with Crippen molar-refractivity contribution in [3.8, 4) is 0 Å². The molecule has 2 fully saturated rings. The number of pyridine rings is 1. The number of nitrogens with zero attached hydrogens (tertiary/aromatic N) is 4. The number of rotatable bonds is 5. The van der Waals surface area contributed by atoms with Crippen molar-refractivity contribution in [3.63, 3.8) is 0 Å². The highest BCUT2D eigenvalue weighted by Crippen LogP contribution is 2.38. The van der Waals surface area contributed by atoms with Crippen LogP contribution in [0.25, 0.3) is 5.52 Å². The summed E-state index contributed by atoms with van der Waals surface area (Å²) in [4.78, 5) is 29.0. The van der Waals surface area contributed by atoms with E-state index in [1.807, 2.05) is 17.0 Å². The molecule has 0 bridgehead atoms. The summed E-state index contributed by atoms with van der Waals surface area (Å²) in [6.45, 7) is 3.58. The lowest BCUT2D eigenvalue weighted by Crippen LogP contribution is -2.30. The zero-order valence-corrected chi connectivity index (χ0v) is 18.9. The molecule has 4 heterocycles. The predicted octanol–water partition coefficient (Wildman–Crippen LogP) is 3.98. The molecular formula is C25H26F2N4O3. The first-order valence-electron chi connectivity index (χ1n) is 11.6. The Balaban J connectivity index is 1.42. The normalized spacial score (nSPS) is 20.3. The number of hydrogen-bond donors (Lipinski definition) is 0. The third-order valence-electron chi connectivity index (χ3n) is 6.73. The number of amides is 1. The molecule has 34 heavy (non-hydrogen) atoms. The molecule has 5 rings (SSSR count). The maximum Gasteiger partial charge on any atom is 0.310 e. The summed E-state index contributed by atoms with van der Waals surface area (Å²) in [5, 5.41) is 4.31. The Morgan fingerprint density at radius 2 is 2.00 bits per heavy atom. The van der Waals surface area contributed by atoms with Crippen molar-refractivity contribution in [1.29, 1.82) is 0 Å². The van der Waals surface area contributed by atoms with Crippen LogP contribution in [0.4, 0.5) is 14.5 Å². The molecule has 0 aliphatic carbocycles. The van der Waals surface area contributed by atoms with Gasteiger partial charge in [0.1, 0.15) is 11.6 Å². The van der Waals surface area contributed by atoms with E-state index in [4.69, 9.17) is 4.74 Å². The van der Waals surface area contributed by atoms with E-state index in [1.165, 1.54) is 12.3 Å². The van der Waals surface area contributed by atoms with Gasteiger partial charge >= 0.3 is 5.97 Å². The van der Waals surface area contributed by atoms with E-state index in [0.29, 0.717) is 55.7 Å². The number of hydrogen-bond acceptors (Lipinski definition) is 5. The number of benzene rings is 1. The lowest BCUT2D eigenvalue weighted by molar-refractivity contribution is -0.147. The number of esters is 1. The largest absolute Gasteiger partial charge is 0.466 e. The highest BCUT2D eigenvalue weighted by molar-refractivity contribution is 6.01. The molecule has 1 amide bonds. The van der Waals surface area contributed by atoms with Gasteiger partial charge in [-0.2, -0.15) is 5.10 Å². The van der Waals surface area contributed by atoms with Crippen LogP contribution >= 0.6 is 0 Å². The van der Waals surface area contributed by atoms with Gasteiger partial charge in [0.15, 0.2) is 0 Å². The third kappa shape index (κ3) is 3.99. The van der Waals surface area contributed by atoms with Gasteiger partial charge in [-0.15, -0.1) is 0 Å². The van der Waals surface area contributed by atoms with Gasteiger partial charge in [0.25, 0.3) is 5.91 Å². The first-order chi connectivity index (χ1) is 16.5. The minimum atomic E-state index is -0.464. The highest BCUT2D eigenvalue weighted by Gasteiger charge is 2.34. The van der Waals surface area contributed by atoms with E-state index in [0.717, 1.165) is 24.2 Å². The molecule has 2 atom stereocenters. The molecule has 9 heteroatoms. The SMILES string of the molecule is CCOC(=O)C1CCN(C(=O)c2cnn3ccc(N4CCC[C@@H]4c4cc(F)ccc4F)cc23)C1. The fourth-order valence-corrected chi connectivity index (χ4v) is 5.05. The lowest BCUT2D eigenvalue weighted by atomic mass is 10.0. The summed E-state index contributed by atoms with van der Waals surface area (Å²) in [5.74, 6) is -1.66. The van der Waals surface area contributed by atoms with Crippen LogP contribution in [-0.2, 0) is 9.53 Å². The summed E-state index contributed by atoms with van der Waals surface area (Å²) >= 11 is 0. The summed E-state index contributed by atoms with van der Waals surface area (Å²) in [6.07, 6.45) is 5.43. The van der Waals surface area contributed by atoms with Crippen molar-refractivity contribution in [2.24, 2.45) is 5.92 Å². The van der Waals surface area contributed by atoms with Gasteiger partial charge in [0.05, 0.1) is 35.8 Å². The Hall–Kier alpha value is -3.49. The average Bonchev–Trinajstić information content (AvgIpc) is 3.59. The lowest BCUT2D eigenvalue weighted by Gasteiger charge is -2.27. The standard InChI is InChI=1S/C25H26F2N4O3/c1-2-34-25(33)16-7-10-29(15-16)24(32)20-14-28-31-11-8-18(13-23(20)31)30-9-3-4-22(30)19-12-17(26)5-6-21(19)27/h5-6,8,11-14,16,22H,2-4,7,9-10,15H2,1H3/t16?,22-/m1/s1. The van der Waals surface area contributed by atoms with Crippen molar-refractivity contribution in [2.75, 3.05) is 31.1 Å². The number of halogens is 2. The Morgan fingerprint density at radius 1 is 1.15 bits per heavy atom. The molecule has 0 N–H and O–H groups in total. The first-order valence-corrected chi connectivity index (χ1v) is 11.6. The highest BCUT2D eigenvalue weighted by atomic mass is 19.1. The summed E-state index contributed by atoms with van der Waals surface area (Å²) in [7, 11) is 0. The fourth-order valence-electron chi connectivity index (χ4n) is 5.05. The van der Waals surface area contributed by atoms with Crippen molar-refractivity contribution in [1.82, 2.24) is 14.5 Å². The Bertz CT molecular complexity index is 1240. The van der Waals surface area contributed by atoms with Crippen molar-refractivity contribution in [2.45, 2.75) is 32.2 Å². The summed E-state index contributed by atoms with van der Waals surface area (Å²) in [6, 6.07) is 7.00. The van der Waals surface area contributed by atoms with Crippen LogP contribution in [0.5, 0.6) is 0 Å². The molecule has 7 nitrogen and oxygen atoms in total. The minimum absolute atomic E-state index is 0.187. The molecule has 2 aromatic heterocycles. The van der Waals surface area contributed by atoms with E-state index in [9.17, 15) is 18.4 Å². The van der Waals surface area contributed by atoms with Crippen LogP contribution in [-0.4, -0.2) is 52.6 Å². The van der Waals surface area contributed by atoms with Crippen LogP contribution in [0.3, 0.4) is 0 Å². The van der Waals surface area contributed by atoms with Gasteiger partial charge in [-0.1, -0.05) is 0 Å². The van der Waals surface area contributed by atoms with E-state index in [2.05, 4.69) is 5.10 Å². The maximum atomic E-state index is 14.5. The number of anilines is 1. The summed E-state index contributed by atoms with van der Waals surface area (Å²) in [5.41, 5.74) is 2.23. The molecule has 1 aromatic carbocycles. The number of aromatic nitrogens is 2. The van der Waals surface area contributed by atoms with Gasteiger partial charge in [-0.25, -0.2) is 13.3 Å². The number of carbonyl (C=O) groups is 2. The van der Waals surface area contributed by atoms with Gasteiger partial charge < -0.3 is 14.5 Å². The molecular weight excluding hydrogens is 442 g/mol. The molecule has 2 aliphatic rings. The molecule has 2 aliphatic heterocycles. The first kappa shape index (κ1) is 22.3. The second-order valence-electron chi connectivity index (χ2n) is 8.78. The molecule has 178 valence electrons. The van der Waals surface area contributed by atoms with Gasteiger partial charge in [0.2, 0.25) is 0 Å². The molecule has 2 saturated heterocycles. The maximum absolute atomic E-state index is 14.5. The Morgan fingerprint density at radius 3 is 2.82 bits per heavy atom. The van der Waals surface area contributed by atoms with Crippen LogP contribution in [0, 0.1) is 17.6 Å². The van der Waals surface area contributed by atoms with Crippen LogP contribution in [0.15, 0.2) is 42.7 Å². The zero-order valence-electron chi connectivity index (χ0n) is 18.9. The van der Waals surface area contributed by atoms with Crippen LogP contribution in [0.1, 0.15) is 48.1 Å². The predicted molar refractivity (Wildman–Crippen MR) is 122 cm³/mol. The third-order valence-corrected chi connectivity index (χ3v) is 6.73. The van der Waals surface area contributed by atoms with Gasteiger partial charge in [-0.3, -0.25) is 9.59 Å². The minimum Gasteiger partial charge on any atom is -0.466 e. The second-order valence-corrected chi connectivity index (χ2v) is 8.78. The molecule has 3 aromatic rings.